The zero-order valence-electron chi connectivity index (χ0n) is 23.9. The molecule has 7 nitrogen and oxygen atoms in total. The van der Waals surface area contributed by atoms with E-state index in [1.54, 1.807) is 7.11 Å². The Kier molecular flexibility index (Phi) is 5.93. The number of hydrogen-bond acceptors (Lipinski definition) is 5. The molecule has 2 aliphatic carbocycles. The lowest BCUT2D eigenvalue weighted by Gasteiger charge is -2.59. The zero-order chi connectivity index (χ0) is 30.8. The van der Waals surface area contributed by atoms with Crippen LogP contribution >= 0.6 is 11.6 Å². The van der Waals surface area contributed by atoms with Gasteiger partial charge >= 0.3 is 6.18 Å². The van der Waals surface area contributed by atoms with E-state index in [4.69, 9.17) is 16.3 Å². The van der Waals surface area contributed by atoms with Gasteiger partial charge in [-0.25, -0.2) is 18.3 Å². The van der Waals surface area contributed by atoms with Crippen LogP contribution in [-0.4, -0.2) is 57.9 Å². The number of aromatic nitrogens is 3. The second-order valence-corrected chi connectivity index (χ2v) is 13.3. The van der Waals surface area contributed by atoms with Crippen LogP contribution in [0.15, 0.2) is 36.5 Å². The molecule has 0 saturated heterocycles. The first-order valence-electron chi connectivity index (χ1n) is 13.6. The van der Waals surface area contributed by atoms with Gasteiger partial charge in [-0.05, 0) is 44.9 Å². The number of rotatable bonds is 5. The number of fused-ring (bicyclic) bond motifs is 3. The lowest BCUT2D eigenvalue weighted by molar-refractivity contribution is -0.184. The van der Waals surface area contributed by atoms with Crippen LogP contribution in [0.25, 0.3) is 5.65 Å². The lowest BCUT2D eigenvalue weighted by Crippen LogP contribution is -2.69. The van der Waals surface area contributed by atoms with Gasteiger partial charge in [0.2, 0.25) is 5.91 Å². The van der Waals surface area contributed by atoms with E-state index in [1.807, 2.05) is 20.8 Å². The van der Waals surface area contributed by atoms with Crippen LogP contribution in [0.3, 0.4) is 0 Å². The van der Waals surface area contributed by atoms with Crippen LogP contribution in [0, 0.1) is 10.8 Å². The summed E-state index contributed by atoms with van der Waals surface area (Å²) in [4.78, 5) is 18.9. The van der Waals surface area contributed by atoms with E-state index in [2.05, 4.69) is 15.4 Å². The highest BCUT2D eigenvalue weighted by Gasteiger charge is 2.82. The molecular formula is C29H31ClF5N5O2. The highest BCUT2D eigenvalue weighted by Crippen LogP contribution is 2.71. The molecule has 3 aliphatic rings. The van der Waals surface area contributed by atoms with Gasteiger partial charge in [0, 0.05) is 36.9 Å². The number of nitrogens with one attached hydrogen (secondary N) is 1. The van der Waals surface area contributed by atoms with Gasteiger partial charge in [-0.15, -0.1) is 0 Å². The summed E-state index contributed by atoms with van der Waals surface area (Å²) in [6.07, 6.45) is -2.80. The van der Waals surface area contributed by atoms with E-state index in [1.165, 1.54) is 48.4 Å². The molecule has 2 saturated carbocycles. The molecule has 3 heterocycles. The molecule has 0 bridgehead atoms. The average Bonchev–Trinajstić information content (AvgIpc) is 3.19. The number of ether oxygens (including phenoxy) is 1. The van der Waals surface area contributed by atoms with E-state index >= 15 is 8.78 Å². The van der Waals surface area contributed by atoms with Gasteiger partial charge in [-0.2, -0.15) is 18.3 Å². The van der Waals surface area contributed by atoms with Crippen molar-refractivity contribution >= 4 is 34.5 Å². The van der Waals surface area contributed by atoms with Gasteiger partial charge in [-0.3, -0.25) is 4.79 Å². The van der Waals surface area contributed by atoms with Gasteiger partial charge in [0.1, 0.15) is 10.8 Å². The molecule has 13 heteroatoms. The highest BCUT2D eigenvalue weighted by atomic mass is 35.5. The van der Waals surface area contributed by atoms with Crippen LogP contribution in [-0.2, 0) is 14.9 Å². The van der Waals surface area contributed by atoms with E-state index in [9.17, 15) is 18.0 Å². The van der Waals surface area contributed by atoms with Crippen LogP contribution in [0.4, 0.5) is 33.3 Å². The maximum Gasteiger partial charge on any atom is 0.401 e. The third-order valence-corrected chi connectivity index (χ3v) is 10.7. The summed E-state index contributed by atoms with van der Waals surface area (Å²) in [6.45, 7) is 7.64. The Labute approximate surface area is 244 Å². The first-order chi connectivity index (χ1) is 19.3. The third-order valence-electron chi connectivity index (χ3n) is 10.5. The molecule has 5 atom stereocenters. The van der Waals surface area contributed by atoms with Crippen LogP contribution < -0.4 is 10.2 Å². The molecule has 226 valence electrons. The summed E-state index contributed by atoms with van der Waals surface area (Å²) in [5.41, 5.74) is -4.38. The maximum absolute atomic E-state index is 15.3. The minimum absolute atomic E-state index is 0.00858. The van der Waals surface area contributed by atoms with E-state index in [0.29, 0.717) is 12.1 Å². The van der Waals surface area contributed by atoms with Crippen molar-refractivity contribution in [1.82, 2.24) is 19.9 Å². The number of halogens is 6. The summed E-state index contributed by atoms with van der Waals surface area (Å²) >= 11 is 5.98. The number of methoxy groups -OCH3 is 1. The van der Waals surface area contributed by atoms with Crippen molar-refractivity contribution in [3.63, 3.8) is 0 Å². The highest BCUT2D eigenvalue weighted by molar-refractivity contribution is 6.29. The normalized spacial score (nSPS) is 32.9. The number of carbonyl (C=O) groups is 1. The number of amides is 1. The van der Waals surface area contributed by atoms with Crippen LogP contribution in [0.2, 0.25) is 5.15 Å². The molecule has 2 unspecified atom stereocenters. The summed E-state index contributed by atoms with van der Waals surface area (Å²) in [5, 5.41) is 6.86. The molecule has 6 rings (SSSR count). The Hall–Kier alpha value is -2.99. The van der Waals surface area contributed by atoms with Gasteiger partial charge in [0.15, 0.2) is 10.8 Å². The molecule has 0 spiro atoms. The van der Waals surface area contributed by atoms with Crippen molar-refractivity contribution in [1.29, 1.82) is 0 Å². The molecule has 0 radical (unpaired) electrons. The second-order valence-electron chi connectivity index (χ2n) is 12.9. The minimum Gasteiger partial charge on any atom is -0.378 e. The summed E-state index contributed by atoms with van der Waals surface area (Å²) in [5.74, 6) is -5.42. The standard InChI is InChI=1S/C29H31ClF5N5O2/c1-24(2)18(12-26(24,4)42-6)37-23(41)27(5)21(28(27,31)32)15-7-9-16(10-8-15)39-14-25(3,29(33,34)35)22-17(39)13-36-20-11-19(30)38-40(20)22/h7-11,13,18,21H,12,14H2,1-6H3,(H,37,41)/t18?,21-,25-,26?,27+/m1/s1. The topological polar surface area (TPSA) is 71.8 Å². The minimum atomic E-state index is -4.63. The molecule has 42 heavy (non-hydrogen) atoms. The maximum atomic E-state index is 15.3. The molecule has 1 amide bonds. The summed E-state index contributed by atoms with van der Waals surface area (Å²) in [7, 11) is 1.59. The van der Waals surface area contributed by atoms with Crippen molar-refractivity contribution in [3.05, 3.63) is 52.9 Å². The molecular weight excluding hydrogens is 581 g/mol. The SMILES string of the molecule is COC1(C)CC(NC(=O)[C@]2(C)[C@@H](c3ccc(N4C[C@@](C)(C(F)(F)F)c5c4cnc4cc(Cl)nn54)cc3)C2(F)F)C1(C)C. The van der Waals surface area contributed by atoms with Crippen molar-refractivity contribution in [2.24, 2.45) is 10.8 Å². The molecule has 1 aliphatic heterocycles. The largest absolute Gasteiger partial charge is 0.401 e. The van der Waals surface area contributed by atoms with Crippen molar-refractivity contribution in [2.45, 2.75) is 76.1 Å². The second kappa shape index (κ2) is 8.56. The third kappa shape index (κ3) is 3.57. The molecule has 1 aromatic carbocycles. The first kappa shape index (κ1) is 29.1. The Morgan fingerprint density at radius 2 is 1.76 bits per heavy atom. The fourth-order valence-corrected chi connectivity index (χ4v) is 6.95. The number of alkyl halides is 5. The van der Waals surface area contributed by atoms with Crippen molar-refractivity contribution < 1.29 is 31.5 Å². The fraction of sp³-hybridized carbons (Fsp3) is 0.552. The number of benzene rings is 1. The Bertz CT molecular complexity index is 1610. The molecule has 2 fully saturated rings. The summed E-state index contributed by atoms with van der Waals surface area (Å²) in [6, 6.07) is 6.93. The molecule has 3 aromatic rings. The van der Waals surface area contributed by atoms with E-state index < -0.39 is 52.3 Å². The van der Waals surface area contributed by atoms with Crippen molar-refractivity contribution in [3.8, 4) is 0 Å². The molecule has 2 aromatic heterocycles. The predicted molar refractivity (Wildman–Crippen MR) is 146 cm³/mol. The van der Waals surface area contributed by atoms with Gasteiger partial charge < -0.3 is 15.0 Å². The number of nitrogens with zero attached hydrogens (tertiary/aromatic N) is 4. The fourth-order valence-electron chi connectivity index (χ4n) is 6.78. The van der Waals surface area contributed by atoms with Gasteiger partial charge in [-0.1, -0.05) is 37.6 Å². The quantitative estimate of drug-likeness (QED) is 0.338. The Morgan fingerprint density at radius 1 is 1.12 bits per heavy atom. The predicted octanol–water partition coefficient (Wildman–Crippen LogP) is 6.41. The lowest BCUT2D eigenvalue weighted by atomic mass is 9.55. The zero-order valence-corrected chi connectivity index (χ0v) is 24.7. The number of anilines is 2. The van der Waals surface area contributed by atoms with Gasteiger partial charge in [0.05, 0.1) is 29.1 Å². The van der Waals surface area contributed by atoms with Crippen LogP contribution in [0.1, 0.15) is 58.2 Å². The Morgan fingerprint density at radius 3 is 2.33 bits per heavy atom. The average molecular weight is 612 g/mol. The smallest absolute Gasteiger partial charge is 0.378 e. The Balaban J connectivity index is 1.28. The van der Waals surface area contributed by atoms with E-state index in [-0.39, 0.29) is 33.8 Å². The number of carbonyl (C=O) groups excluding carboxylic acids is 1. The monoisotopic (exact) mass is 611 g/mol. The van der Waals surface area contributed by atoms with Crippen LogP contribution in [0.5, 0.6) is 0 Å². The van der Waals surface area contributed by atoms with Gasteiger partial charge in [0.25, 0.3) is 5.92 Å². The number of hydrogen-bond donors (Lipinski definition) is 1. The summed E-state index contributed by atoms with van der Waals surface area (Å²) < 4.78 is 80.6. The molecule has 1 N–H and O–H groups in total. The van der Waals surface area contributed by atoms with Crippen molar-refractivity contribution in [2.75, 3.05) is 18.6 Å². The first-order valence-corrected chi connectivity index (χ1v) is 13.9. The van der Waals surface area contributed by atoms with E-state index in [0.717, 1.165) is 11.4 Å².